The lowest BCUT2D eigenvalue weighted by Crippen LogP contribution is -2.39. The zero-order valence-electron chi connectivity index (χ0n) is 15.2. The monoisotopic (exact) mass is 403 g/mol. The van der Waals surface area contributed by atoms with Crippen molar-refractivity contribution in [1.82, 2.24) is 15.3 Å². The number of ether oxygens (including phenoxy) is 1. The maximum atomic E-state index is 13.3. The van der Waals surface area contributed by atoms with E-state index in [2.05, 4.69) is 20.6 Å². The van der Waals surface area contributed by atoms with Gasteiger partial charge < -0.3 is 20.3 Å². The van der Waals surface area contributed by atoms with Crippen molar-refractivity contribution in [2.24, 2.45) is 0 Å². The van der Waals surface area contributed by atoms with Crippen molar-refractivity contribution < 1.29 is 17.9 Å². The van der Waals surface area contributed by atoms with Crippen LogP contribution in [-0.2, 0) is 10.9 Å². The van der Waals surface area contributed by atoms with Gasteiger partial charge in [-0.2, -0.15) is 18.2 Å². The highest BCUT2D eigenvalue weighted by molar-refractivity contribution is 7.80. The fourth-order valence-corrected chi connectivity index (χ4v) is 3.55. The van der Waals surface area contributed by atoms with Gasteiger partial charge in [0.05, 0.1) is 6.10 Å². The molecular weight excluding hydrogens is 379 g/mol. The number of piperidine rings is 1. The molecule has 0 aromatic carbocycles. The molecule has 0 bridgehead atoms. The highest BCUT2D eigenvalue weighted by atomic mass is 32.1. The number of halogens is 3. The van der Waals surface area contributed by atoms with E-state index in [1.807, 2.05) is 11.8 Å². The number of alkyl halides is 3. The van der Waals surface area contributed by atoms with E-state index >= 15 is 0 Å². The quantitative estimate of drug-likeness (QED) is 0.748. The number of thiocarbonyl (C=S) groups is 1. The molecule has 0 saturated carbocycles. The molecular formula is C17H24F3N5OS. The normalized spacial score (nSPS) is 23.3. The SMILES string of the molecule is CC1CCCCN1c1cc(C(F)(F)F)nc(NC(=S)NCC2CCCO2)n1. The standard InChI is InChI=1S/C17H24F3N5OS/c1-11-5-2-3-7-25(11)14-9-13(17(18,19)20)22-15(23-14)24-16(27)21-10-12-6-4-8-26-12/h9,11-12H,2-8,10H2,1H3,(H2,21,22,23,24,27). The van der Waals surface area contributed by atoms with Gasteiger partial charge in [0.25, 0.3) is 0 Å². The first-order chi connectivity index (χ1) is 12.8. The second-order valence-electron chi connectivity index (χ2n) is 6.94. The molecule has 2 aliphatic rings. The van der Waals surface area contributed by atoms with Crippen molar-refractivity contribution in [3.05, 3.63) is 11.8 Å². The van der Waals surface area contributed by atoms with Crippen LogP contribution in [-0.4, -0.2) is 46.9 Å². The highest BCUT2D eigenvalue weighted by Crippen LogP contribution is 2.32. The summed E-state index contributed by atoms with van der Waals surface area (Å²) in [4.78, 5) is 9.79. The van der Waals surface area contributed by atoms with Gasteiger partial charge in [-0.05, 0) is 51.2 Å². The van der Waals surface area contributed by atoms with E-state index in [0.29, 0.717) is 13.1 Å². The minimum absolute atomic E-state index is 0.0666. The van der Waals surface area contributed by atoms with Crippen LogP contribution in [0.1, 0.15) is 44.7 Å². The van der Waals surface area contributed by atoms with Gasteiger partial charge in [-0.25, -0.2) is 4.98 Å². The molecule has 150 valence electrons. The van der Waals surface area contributed by atoms with E-state index in [9.17, 15) is 13.2 Å². The van der Waals surface area contributed by atoms with Gasteiger partial charge in [0.2, 0.25) is 5.95 Å². The van der Waals surface area contributed by atoms with Crippen LogP contribution in [0.5, 0.6) is 0 Å². The van der Waals surface area contributed by atoms with Crippen LogP contribution in [0, 0.1) is 0 Å². The summed E-state index contributed by atoms with van der Waals surface area (Å²) in [5.74, 6) is 0.122. The summed E-state index contributed by atoms with van der Waals surface area (Å²) < 4.78 is 45.4. The summed E-state index contributed by atoms with van der Waals surface area (Å²) in [5.41, 5.74) is -0.977. The molecule has 0 aliphatic carbocycles. The van der Waals surface area contributed by atoms with Crippen molar-refractivity contribution in [2.45, 2.75) is 57.3 Å². The zero-order chi connectivity index (χ0) is 19.4. The average molecular weight is 403 g/mol. The summed E-state index contributed by atoms with van der Waals surface area (Å²) >= 11 is 5.18. The van der Waals surface area contributed by atoms with Gasteiger partial charge in [0.15, 0.2) is 10.8 Å². The van der Waals surface area contributed by atoms with Crippen LogP contribution >= 0.6 is 12.2 Å². The van der Waals surface area contributed by atoms with Crippen molar-refractivity contribution in [3.63, 3.8) is 0 Å². The molecule has 0 spiro atoms. The first-order valence-corrected chi connectivity index (χ1v) is 9.63. The molecule has 2 atom stereocenters. The molecule has 2 saturated heterocycles. The summed E-state index contributed by atoms with van der Waals surface area (Å²) in [6.07, 6.45) is 0.372. The maximum absolute atomic E-state index is 13.3. The Kier molecular flexibility index (Phi) is 6.36. The lowest BCUT2D eigenvalue weighted by molar-refractivity contribution is -0.141. The van der Waals surface area contributed by atoms with E-state index in [-0.39, 0.29) is 29.0 Å². The predicted octanol–water partition coefficient (Wildman–Crippen LogP) is 3.34. The van der Waals surface area contributed by atoms with Gasteiger partial charge in [-0.1, -0.05) is 0 Å². The predicted molar refractivity (Wildman–Crippen MR) is 101 cm³/mol. The molecule has 2 fully saturated rings. The molecule has 6 nitrogen and oxygen atoms in total. The number of nitrogens with zero attached hydrogens (tertiary/aromatic N) is 3. The average Bonchev–Trinajstić information content (AvgIpc) is 3.13. The van der Waals surface area contributed by atoms with Crippen LogP contribution in [0.2, 0.25) is 0 Å². The summed E-state index contributed by atoms with van der Waals surface area (Å²) in [6.45, 7) is 3.90. The molecule has 0 amide bonds. The molecule has 1 aromatic heterocycles. The van der Waals surface area contributed by atoms with Crippen molar-refractivity contribution >= 4 is 29.1 Å². The molecule has 2 aliphatic heterocycles. The number of anilines is 2. The Hall–Kier alpha value is -1.68. The number of hydrogen-bond acceptors (Lipinski definition) is 5. The second kappa shape index (κ2) is 8.55. The Morgan fingerprint density at radius 2 is 2.11 bits per heavy atom. The van der Waals surface area contributed by atoms with Crippen molar-refractivity contribution in [1.29, 1.82) is 0 Å². The van der Waals surface area contributed by atoms with Crippen LogP contribution in [0.4, 0.5) is 24.9 Å². The minimum Gasteiger partial charge on any atom is -0.376 e. The first kappa shape index (κ1) is 20.1. The summed E-state index contributed by atoms with van der Waals surface area (Å²) in [6, 6.07) is 1.14. The molecule has 0 radical (unpaired) electrons. The zero-order valence-corrected chi connectivity index (χ0v) is 16.0. The summed E-state index contributed by atoms with van der Waals surface area (Å²) in [5, 5.41) is 5.83. The Morgan fingerprint density at radius 3 is 2.78 bits per heavy atom. The topological polar surface area (TPSA) is 62.3 Å². The maximum Gasteiger partial charge on any atom is 0.433 e. The van der Waals surface area contributed by atoms with Gasteiger partial charge in [-0.3, -0.25) is 0 Å². The van der Waals surface area contributed by atoms with Gasteiger partial charge in [-0.15, -0.1) is 0 Å². The summed E-state index contributed by atoms with van der Waals surface area (Å²) in [7, 11) is 0. The molecule has 2 unspecified atom stereocenters. The first-order valence-electron chi connectivity index (χ1n) is 9.22. The number of rotatable bonds is 4. The van der Waals surface area contributed by atoms with Crippen LogP contribution in [0.3, 0.4) is 0 Å². The lowest BCUT2D eigenvalue weighted by atomic mass is 10.0. The van der Waals surface area contributed by atoms with Crippen LogP contribution < -0.4 is 15.5 Å². The van der Waals surface area contributed by atoms with E-state index < -0.39 is 11.9 Å². The molecule has 3 heterocycles. The van der Waals surface area contributed by atoms with Crippen molar-refractivity contribution in [2.75, 3.05) is 29.9 Å². The van der Waals surface area contributed by atoms with E-state index in [1.165, 1.54) is 0 Å². The second-order valence-corrected chi connectivity index (χ2v) is 7.35. The molecule has 27 heavy (non-hydrogen) atoms. The van der Waals surface area contributed by atoms with Crippen LogP contribution in [0.15, 0.2) is 6.07 Å². The lowest BCUT2D eigenvalue weighted by Gasteiger charge is -2.34. The highest BCUT2D eigenvalue weighted by Gasteiger charge is 2.35. The Labute approximate surface area is 161 Å². The third kappa shape index (κ3) is 5.41. The molecule has 10 heteroatoms. The number of nitrogens with one attached hydrogen (secondary N) is 2. The molecule has 3 rings (SSSR count). The largest absolute Gasteiger partial charge is 0.433 e. The molecule has 2 N–H and O–H groups in total. The smallest absolute Gasteiger partial charge is 0.376 e. The number of aromatic nitrogens is 2. The van der Waals surface area contributed by atoms with E-state index in [4.69, 9.17) is 17.0 Å². The van der Waals surface area contributed by atoms with E-state index in [0.717, 1.165) is 44.8 Å². The van der Waals surface area contributed by atoms with Gasteiger partial charge in [0.1, 0.15) is 5.82 Å². The fourth-order valence-electron chi connectivity index (χ4n) is 3.38. The Morgan fingerprint density at radius 1 is 1.30 bits per heavy atom. The van der Waals surface area contributed by atoms with Crippen LogP contribution in [0.25, 0.3) is 0 Å². The fraction of sp³-hybridized carbons (Fsp3) is 0.706. The minimum atomic E-state index is -4.56. The third-order valence-corrected chi connectivity index (χ3v) is 5.09. The number of hydrogen-bond donors (Lipinski definition) is 2. The Balaban J connectivity index is 1.74. The Bertz CT molecular complexity index is 666. The molecule has 1 aromatic rings. The van der Waals surface area contributed by atoms with Gasteiger partial charge >= 0.3 is 6.18 Å². The van der Waals surface area contributed by atoms with Gasteiger partial charge in [0, 0.05) is 31.8 Å². The third-order valence-electron chi connectivity index (χ3n) is 4.84. The van der Waals surface area contributed by atoms with E-state index in [1.54, 1.807) is 0 Å². The van der Waals surface area contributed by atoms with Crippen molar-refractivity contribution in [3.8, 4) is 0 Å².